The zero-order chi connectivity index (χ0) is 15.6. The van der Waals surface area contributed by atoms with Gasteiger partial charge in [0.2, 0.25) is 0 Å². The van der Waals surface area contributed by atoms with Crippen LogP contribution < -0.4 is 4.72 Å². The fourth-order valence-corrected chi connectivity index (χ4v) is 3.60. The Labute approximate surface area is 125 Å². The first-order valence-electron chi connectivity index (χ1n) is 5.93. The zero-order valence-electron chi connectivity index (χ0n) is 11.3. The summed E-state index contributed by atoms with van der Waals surface area (Å²) in [6.07, 6.45) is 1.01. The summed E-state index contributed by atoms with van der Waals surface area (Å²) < 4.78 is 26.8. The molecule has 7 nitrogen and oxygen atoms in total. The quantitative estimate of drug-likeness (QED) is 0.863. The van der Waals surface area contributed by atoms with E-state index in [0.717, 1.165) is 18.0 Å². The van der Waals surface area contributed by atoms with Gasteiger partial charge in [-0.15, -0.1) is 11.3 Å². The molecule has 0 aromatic carbocycles. The summed E-state index contributed by atoms with van der Waals surface area (Å²) in [5, 5.41) is 11.0. The van der Waals surface area contributed by atoms with Crippen LogP contribution >= 0.6 is 11.3 Å². The van der Waals surface area contributed by atoms with E-state index in [-0.39, 0.29) is 10.6 Å². The number of thiazole rings is 1. The highest BCUT2D eigenvalue weighted by Crippen LogP contribution is 2.19. The van der Waals surface area contributed by atoms with Gasteiger partial charge in [-0.05, 0) is 26.0 Å². The van der Waals surface area contributed by atoms with Gasteiger partial charge in [-0.1, -0.05) is 0 Å². The number of rotatable bonds is 5. The van der Waals surface area contributed by atoms with Crippen molar-refractivity contribution in [2.75, 3.05) is 0 Å². The molecule has 0 aliphatic rings. The molecule has 0 saturated heterocycles. The predicted octanol–water partition coefficient (Wildman–Crippen LogP) is 1.58. The Bertz CT molecular complexity index is 753. The topological polar surface area (TPSA) is 109 Å². The zero-order valence-corrected chi connectivity index (χ0v) is 12.9. The lowest BCUT2D eigenvalue weighted by Gasteiger charge is -2.11. The molecule has 0 aliphatic carbocycles. The van der Waals surface area contributed by atoms with Crippen molar-refractivity contribution in [2.24, 2.45) is 0 Å². The van der Waals surface area contributed by atoms with Crippen LogP contribution in [0.25, 0.3) is 0 Å². The highest BCUT2D eigenvalue weighted by atomic mass is 32.2. The van der Waals surface area contributed by atoms with E-state index in [1.165, 1.54) is 17.4 Å². The third-order valence-corrected chi connectivity index (χ3v) is 5.20. The Kier molecular flexibility index (Phi) is 4.35. The molecule has 0 aliphatic heterocycles. The second kappa shape index (κ2) is 5.88. The molecular formula is C12H13N3O4S2. The van der Waals surface area contributed by atoms with Gasteiger partial charge in [-0.2, -0.15) is 0 Å². The highest BCUT2D eigenvalue weighted by Gasteiger charge is 2.21. The van der Waals surface area contributed by atoms with Gasteiger partial charge in [0.05, 0.1) is 11.6 Å². The van der Waals surface area contributed by atoms with Gasteiger partial charge in [0.1, 0.15) is 5.01 Å². The summed E-state index contributed by atoms with van der Waals surface area (Å²) in [6.45, 7) is 3.51. The smallest absolute Gasteiger partial charge is 0.337 e. The maximum Gasteiger partial charge on any atom is 0.337 e. The van der Waals surface area contributed by atoms with E-state index >= 15 is 0 Å². The molecule has 2 aromatic heterocycles. The minimum Gasteiger partial charge on any atom is -0.478 e. The fourth-order valence-electron chi connectivity index (χ4n) is 1.58. The monoisotopic (exact) mass is 327 g/mol. The first-order chi connectivity index (χ1) is 9.79. The molecule has 21 heavy (non-hydrogen) atoms. The number of carbonyl (C=O) groups is 1. The summed E-state index contributed by atoms with van der Waals surface area (Å²) in [4.78, 5) is 18.6. The van der Waals surface area contributed by atoms with Crippen LogP contribution in [0.4, 0.5) is 0 Å². The molecule has 0 fully saturated rings. The number of aromatic carboxylic acids is 1. The molecule has 2 N–H and O–H groups in total. The molecule has 0 bridgehead atoms. The average molecular weight is 327 g/mol. The number of sulfonamides is 1. The third-order valence-electron chi connectivity index (χ3n) is 2.60. The lowest BCUT2D eigenvalue weighted by Crippen LogP contribution is -2.27. The molecular weight excluding hydrogens is 314 g/mol. The maximum atomic E-state index is 12.2. The standard InChI is InChI=1S/C12H13N3O4S2/c1-7-6-20-11(14-7)8(2)15-21(18,19)10-4-3-9(5-13-10)12(16)17/h3-6,8,15H,1-2H3,(H,16,17). The first-order valence-corrected chi connectivity index (χ1v) is 8.29. The number of carboxylic acids is 1. The molecule has 9 heteroatoms. The largest absolute Gasteiger partial charge is 0.478 e. The number of carboxylic acid groups (broad SMARTS) is 1. The van der Waals surface area contributed by atoms with Crippen molar-refractivity contribution in [1.82, 2.24) is 14.7 Å². The SMILES string of the molecule is Cc1csc(C(C)NS(=O)(=O)c2ccc(C(=O)O)cn2)n1. The molecule has 112 valence electrons. The summed E-state index contributed by atoms with van der Waals surface area (Å²) in [6, 6.07) is 1.86. The number of aryl methyl sites for hydroxylation is 1. The van der Waals surface area contributed by atoms with Gasteiger partial charge in [0, 0.05) is 17.3 Å². The van der Waals surface area contributed by atoms with Crippen LogP contribution in [0, 0.1) is 6.92 Å². The highest BCUT2D eigenvalue weighted by molar-refractivity contribution is 7.89. The van der Waals surface area contributed by atoms with E-state index in [1.54, 1.807) is 6.92 Å². The van der Waals surface area contributed by atoms with Crippen molar-refractivity contribution in [3.8, 4) is 0 Å². The van der Waals surface area contributed by atoms with Gasteiger partial charge in [-0.25, -0.2) is 27.9 Å². The minimum absolute atomic E-state index is 0.0717. The van der Waals surface area contributed by atoms with Crippen LogP contribution in [0.1, 0.15) is 34.0 Å². The average Bonchev–Trinajstić information content (AvgIpc) is 2.85. The Morgan fingerprint density at radius 1 is 1.43 bits per heavy atom. The van der Waals surface area contributed by atoms with Crippen molar-refractivity contribution < 1.29 is 18.3 Å². The normalized spacial score (nSPS) is 13.0. The molecule has 2 rings (SSSR count). The fraction of sp³-hybridized carbons (Fsp3) is 0.250. The Morgan fingerprint density at radius 2 is 2.14 bits per heavy atom. The summed E-state index contributed by atoms with van der Waals surface area (Å²) in [7, 11) is -3.83. The van der Waals surface area contributed by atoms with E-state index in [0.29, 0.717) is 5.01 Å². The van der Waals surface area contributed by atoms with Crippen LogP contribution in [0.5, 0.6) is 0 Å². The van der Waals surface area contributed by atoms with E-state index < -0.39 is 22.0 Å². The maximum absolute atomic E-state index is 12.2. The molecule has 0 spiro atoms. The van der Waals surface area contributed by atoms with Crippen LogP contribution in [0.3, 0.4) is 0 Å². The number of pyridine rings is 1. The van der Waals surface area contributed by atoms with Crippen molar-refractivity contribution in [2.45, 2.75) is 24.9 Å². The number of nitrogens with zero attached hydrogens (tertiary/aromatic N) is 2. The van der Waals surface area contributed by atoms with Gasteiger partial charge >= 0.3 is 5.97 Å². The number of hydrogen-bond donors (Lipinski definition) is 2. The van der Waals surface area contributed by atoms with Gasteiger partial charge in [0.15, 0.2) is 5.03 Å². The van der Waals surface area contributed by atoms with Crippen molar-refractivity contribution in [1.29, 1.82) is 0 Å². The lowest BCUT2D eigenvalue weighted by atomic mass is 10.3. The first kappa shape index (κ1) is 15.5. The number of nitrogens with one attached hydrogen (secondary N) is 1. The second-order valence-corrected chi connectivity index (χ2v) is 6.91. The molecule has 2 heterocycles. The number of hydrogen-bond acceptors (Lipinski definition) is 6. The Balaban J connectivity index is 2.19. The van der Waals surface area contributed by atoms with E-state index in [2.05, 4.69) is 14.7 Å². The predicted molar refractivity (Wildman–Crippen MR) is 76.8 cm³/mol. The van der Waals surface area contributed by atoms with Gasteiger partial charge < -0.3 is 5.11 Å². The Hall–Kier alpha value is -1.84. The summed E-state index contributed by atoms with van der Waals surface area (Å²) in [5.41, 5.74) is 0.752. The lowest BCUT2D eigenvalue weighted by molar-refractivity contribution is 0.0696. The third kappa shape index (κ3) is 3.63. The van der Waals surface area contributed by atoms with Crippen molar-refractivity contribution in [3.63, 3.8) is 0 Å². The van der Waals surface area contributed by atoms with Crippen LogP contribution in [-0.4, -0.2) is 29.5 Å². The summed E-state index contributed by atoms with van der Waals surface area (Å²) in [5.74, 6) is -1.16. The number of aromatic nitrogens is 2. The van der Waals surface area contributed by atoms with Gasteiger partial charge in [-0.3, -0.25) is 0 Å². The molecule has 2 aromatic rings. The Morgan fingerprint density at radius 3 is 2.62 bits per heavy atom. The van der Waals surface area contributed by atoms with E-state index in [4.69, 9.17) is 5.11 Å². The molecule has 1 unspecified atom stereocenters. The van der Waals surface area contributed by atoms with Gasteiger partial charge in [0.25, 0.3) is 10.0 Å². The minimum atomic E-state index is -3.83. The van der Waals surface area contributed by atoms with Crippen LogP contribution in [0.15, 0.2) is 28.7 Å². The summed E-state index contributed by atoms with van der Waals surface area (Å²) >= 11 is 1.36. The van der Waals surface area contributed by atoms with E-state index in [1.807, 2.05) is 12.3 Å². The molecule has 0 radical (unpaired) electrons. The van der Waals surface area contributed by atoms with Crippen LogP contribution in [-0.2, 0) is 10.0 Å². The van der Waals surface area contributed by atoms with Crippen LogP contribution in [0.2, 0.25) is 0 Å². The molecule has 1 atom stereocenters. The van der Waals surface area contributed by atoms with Crippen molar-refractivity contribution >= 4 is 27.3 Å². The van der Waals surface area contributed by atoms with Crippen molar-refractivity contribution in [3.05, 3.63) is 40.0 Å². The van der Waals surface area contributed by atoms with E-state index in [9.17, 15) is 13.2 Å². The second-order valence-electron chi connectivity index (χ2n) is 4.36. The molecule has 0 amide bonds. The molecule has 0 saturated carbocycles.